The number of imidazole rings is 1. The third kappa shape index (κ3) is 3.98. The lowest BCUT2D eigenvalue weighted by Crippen LogP contribution is -2.39. The van der Waals surface area contributed by atoms with Gasteiger partial charge >= 0.3 is 0 Å². The number of methoxy groups -OCH3 is 3. The van der Waals surface area contributed by atoms with Gasteiger partial charge in [0.1, 0.15) is 34.3 Å². The number of ether oxygens (including phenoxy) is 3. The molecule has 1 fully saturated rings. The fourth-order valence-corrected chi connectivity index (χ4v) is 5.70. The van der Waals surface area contributed by atoms with E-state index in [2.05, 4.69) is 14.5 Å². The minimum atomic E-state index is -3.73. The van der Waals surface area contributed by atoms with Gasteiger partial charge in [-0.3, -0.25) is 0 Å². The van der Waals surface area contributed by atoms with Gasteiger partial charge < -0.3 is 18.8 Å². The number of rotatable bonds is 7. The Morgan fingerprint density at radius 3 is 2.55 bits per heavy atom. The molecule has 0 bridgehead atoms. The number of hydrogen-bond donors (Lipinski definition) is 0. The monoisotopic (exact) mass is 446 g/mol. The number of piperidine rings is 1. The summed E-state index contributed by atoms with van der Waals surface area (Å²) in [5, 5.41) is 0. The van der Waals surface area contributed by atoms with Crippen LogP contribution in [-0.4, -0.2) is 61.7 Å². The first-order chi connectivity index (χ1) is 15.0. The summed E-state index contributed by atoms with van der Waals surface area (Å²) in [5.74, 6) is 1.57. The molecule has 9 nitrogen and oxygen atoms in total. The fraction of sp³-hybridized carbons (Fsp3) is 0.429. The van der Waals surface area contributed by atoms with Gasteiger partial charge in [0.05, 0.1) is 14.2 Å². The van der Waals surface area contributed by atoms with Gasteiger partial charge in [0, 0.05) is 38.5 Å². The van der Waals surface area contributed by atoms with Crippen LogP contribution in [0.5, 0.6) is 11.5 Å². The number of fused-ring (bicyclic) bond motifs is 1. The fourth-order valence-electron chi connectivity index (χ4n) is 4.06. The van der Waals surface area contributed by atoms with Crippen molar-refractivity contribution in [1.29, 1.82) is 0 Å². The topological polar surface area (TPSA) is 95.8 Å². The predicted octanol–water partition coefficient (Wildman–Crippen LogP) is 2.62. The summed E-state index contributed by atoms with van der Waals surface area (Å²) >= 11 is 0. The lowest BCUT2D eigenvalue weighted by Gasteiger charge is -2.33. The van der Waals surface area contributed by atoms with E-state index in [9.17, 15) is 8.42 Å². The number of hydrogen-bond acceptors (Lipinski definition) is 7. The Labute approximate surface area is 181 Å². The normalized spacial score (nSPS) is 16.0. The van der Waals surface area contributed by atoms with Crippen LogP contribution >= 0.6 is 0 Å². The van der Waals surface area contributed by atoms with E-state index in [0.717, 1.165) is 17.0 Å². The minimum absolute atomic E-state index is 0.0868. The van der Waals surface area contributed by atoms with Crippen molar-refractivity contribution in [3.63, 3.8) is 0 Å². The van der Waals surface area contributed by atoms with E-state index in [4.69, 9.17) is 14.2 Å². The second kappa shape index (κ2) is 8.81. The molecule has 0 amide bonds. The van der Waals surface area contributed by atoms with Crippen LogP contribution in [0.3, 0.4) is 0 Å². The Morgan fingerprint density at radius 1 is 1.10 bits per heavy atom. The standard InChI is InChI=1S/C21H26N4O5S/c1-28-14-20-23-17-5-4-10-22-21(17)25(20)15-8-11-24(12-9-15)31(26,27)19-13-16(29-2)6-7-18(19)30-3/h4-7,10,13,15H,8-9,11-12,14H2,1-3H3. The molecule has 0 radical (unpaired) electrons. The highest BCUT2D eigenvalue weighted by atomic mass is 32.2. The van der Waals surface area contributed by atoms with Crippen molar-refractivity contribution in [2.24, 2.45) is 0 Å². The van der Waals surface area contributed by atoms with Gasteiger partial charge in [-0.25, -0.2) is 18.4 Å². The number of sulfonamides is 1. The second-order valence-electron chi connectivity index (χ2n) is 7.33. The average molecular weight is 447 g/mol. The smallest absolute Gasteiger partial charge is 0.246 e. The zero-order valence-corrected chi connectivity index (χ0v) is 18.6. The first-order valence-corrected chi connectivity index (χ1v) is 11.5. The molecule has 4 rings (SSSR count). The highest BCUT2D eigenvalue weighted by molar-refractivity contribution is 7.89. The van der Waals surface area contributed by atoms with Crippen LogP contribution in [0.2, 0.25) is 0 Å². The molecule has 3 aromatic rings. The Balaban J connectivity index is 1.60. The molecule has 166 valence electrons. The second-order valence-corrected chi connectivity index (χ2v) is 9.24. The molecular formula is C21H26N4O5S. The third-order valence-electron chi connectivity index (χ3n) is 5.57. The maximum absolute atomic E-state index is 13.3. The summed E-state index contributed by atoms with van der Waals surface area (Å²) in [6.07, 6.45) is 3.03. The van der Waals surface area contributed by atoms with Crippen molar-refractivity contribution in [3.05, 3.63) is 42.4 Å². The third-order valence-corrected chi connectivity index (χ3v) is 7.49. The highest BCUT2D eigenvalue weighted by Gasteiger charge is 2.33. The largest absolute Gasteiger partial charge is 0.497 e. The van der Waals surface area contributed by atoms with Crippen molar-refractivity contribution in [2.75, 3.05) is 34.4 Å². The molecule has 1 aliphatic rings. The zero-order valence-electron chi connectivity index (χ0n) is 17.8. The molecule has 0 N–H and O–H groups in total. The molecule has 3 heterocycles. The molecule has 10 heteroatoms. The molecule has 1 saturated heterocycles. The lowest BCUT2D eigenvalue weighted by molar-refractivity contribution is 0.168. The average Bonchev–Trinajstić information content (AvgIpc) is 3.17. The first-order valence-electron chi connectivity index (χ1n) is 10.0. The molecule has 31 heavy (non-hydrogen) atoms. The van der Waals surface area contributed by atoms with E-state index < -0.39 is 10.0 Å². The molecule has 1 aromatic carbocycles. The number of benzene rings is 1. The van der Waals surface area contributed by atoms with Gasteiger partial charge in [0.2, 0.25) is 10.0 Å². The van der Waals surface area contributed by atoms with Crippen LogP contribution in [0.1, 0.15) is 24.7 Å². The predicted molar refractivity (Wildman–Crippen MR) is 115 cm³/mol. The molecular weight excluding hydrogens is 420 g/mol. The Hall–Kier alpha value is -2.69. The van der Waals surface area contributed by atoms with Crippen LogP contribution in [0.15, 0.2) is 41.4 Å². The van der Waals surface area contributed by atoms with Gasteiger partial charge in [0.25, 0.3) is 0 Å². The minimum Gasteiger partial charge on any atom is -0.497 e. The van der Waals surface area contributed by atoms with E-state index in [1.54, 1.807) is 25.4 Å². The Morgan fingerprint density at radius 2 is 1.87 bits per heavy atom. The van der Waals surface area contributed by atoms with Crippen LogP contribution in [0, 0.1) is 0 Å². The molecule has 0 spiro atoms. The summed E-state index contributed by atoms with van der Waals surface area (Å²) in [4.78, 5) is 9.26. The SMILES string of the molecule is COCc1nc2cccnc2n1C1CCN(S(=O)(=O)c2cc(OC)ccc2OC)CC1. The number of aromatic nitrogens is 3. The summed E-state index contributed by atoms with van der Waals surface area (Å²) in [6.45, 7) is 1.13. The molecule has 0 saturated carbocycles. The van der Waals surface area contributed by atoms with Crippen LogP contribution in [0.25, 0.3) is 11.2 Å². The maximum Gasteiger partial charge on any atom is 0.246 e. The molecule has 1 aliphatic heterocycles. The van der Waals surface area contributed by atoms with E-state index in [1.807, 2.05) is 12.1 Å². The van der Waals surface area contributed by atoms with Crippen LogP contribution < -0.4 is 9.47 Å². The quantitative estimate of drug-likeness (QED) is 0.550. The molecule has 0 atom stereocenters. The van der Waals surface area contributed by atoms with Gasteiger partial charge in [-0.1, -0.05) is 0 Å². The van der Waals surface area contributed by atoms with Gasteiger partial charge in [0.15, 0.2) is 5.65 Å². The highest BCUT2D eigenvalue weighted by Crippen LogP contribution is 2.34. The van der Waals surface area contributed by atoms with Gasteiger partial charge in [-0.15, -0.1) is 0 Å². The van der Waals surface area contributed by atoms with Crippen molar-refractivity contribution in [1.82, 2.24) is 18.8 Å². The Bertz CT molecular complexity index is 1170. The summed E-state index contributed by atoms with van der Waals surface area (Å²) in [6, 6.07) is 8.66. The lowest BCUT2D eigenvalue weighted by atomic mass is 10.1. The van der Waals surface area contributed by atoms with Gasteiger partial charge in [-0.05, 0) is 37.1 Å². The summed E-state index contributed by atoms with van der Waals surface area (Å²) in [5.41, 5.74) is 1.61. The molecule has 0 unspecified atom stereocenters. The van der Waals surface area contributed by atoms with Crippen LogP contribution in [0.4, 0.5) is 0 Å². The van der Waals surface area contributed by atoms with E-state index in [-0.39, 0.29) is 10.9 Å². The first kappa shape index (κ1) is 21.5. The van der Waals surface area contributed by atoms with E-state index >= 15 is 0 Å². The van der Waals surface area contributed by atoms with Crippen LogP contribution in [-0.2, 0) is 21.4 Å². The van der Waals surface area contributed by atoms with Crippen molar-refractivity contribution in [2.45, 2.75) is 30.4 Å². The zero-order chi connectivity index (χ0) is 22.0. The van der Waals surface area contributed by atoms with Crippen molar-refractivity contribution >= 4 is 21.2 Å². The van der Waals surface area contributed by atoms with Crippen molar-refractivity contribution < 1.29 is 22.6 Å². The number of pyridine rings is 1. The van der Waals surface area contributed by atoms with E-state index in [1.165, 1.54) is 24.6 Å². The summed E-state index contributed by atoms with van der Waals surface area (Å²) in [7, 11) is 0.868. The van der Waals surface area contributed by atoms with Crippen molar-refractivity contribution in [3.8, 4) is 11.5 Å². The number of nitrogens with zero attached hydrogens (tertiary/aromatic N) is 4. The Kier molecular flexibility index (Phi) is 6.12. The summed E-state index contributed by atoms with van der Waals surface area (Å²) < 4.78 is 46.1. The van der Waals surface area contributed by atoms with E-state index in [0.29, 0.717) is 44.0 Å². The molecule has 2 aromatic heterocycles. The van der Waals surface area contributed by atoms with Gasteiger partial charge in [-0.2, -0.15) is 4.31 Å². The molecule has 0 aliphatic carbocycles. The maximum atomic E-state index is 13.3.